The van der Waals surface area contributed by atoms with Crippen molar-refractivity contribution < 1.29 is 4.79 Å². The first kappa shape index (κ1) is 15.6. The van der Waals surface area contributed by atoms with Crippen LogP contribution in [-0.4, -0.2) is 59.9 Å². The Bertz CT molecular complexity index is 582. The summed E-state index contributed by atoms with van der Waals surface area (Å²) < 4.78 is 0. The third-order valence-electron chi connectivity index (χ3n) is 3.08. The van der Waals surface area contributed by atoms with E-state index in [1.807, 2.05) is 44.7 Å². The van der Waals surface area contributed by atoms with Crippen LogP contribution in [0.1, 0.15) is 5.69 Å². The standard InChI is InChI=1S/C15H20N4OS/c1-18(2)8-9-19(3)14(20)10-12-11-21-15(17-12)13-6-4-5-7-16-13/h4-7,11H,8-10H2,1-3H3. The highest BCUT2D eigenvalue weighted by molar-refractivity contribution is 7.13. The van der Waals surface area contributed by atoms with Gasteiger partial charge in [-0.05, 0) is 26.2 Å². The Balaban J connectivity index is 1.95. The minimum atomic E-state index is 0.0923. The Morgan fingerprint density at radius 2 is 2.05 bits per heavy atom. The minimum Gasteiger partial charge on any atom is -0.344 e. The van der Waals surface area contributed by atoms with Crippen molar-refractivity contribution in [1.29, 1.82) is 0 Å². The zero-order valence-corrected chi connectivity index (χ0v) is 13.4. The van der Waals surface area contributed by atoms with Gasteiger partial charge in [-0.3, -0.25) is 9.78 Å². The lowest BCUT2D eigenvalue weighted by Gasteiger charge is -2.19. The molecular formula is C15H20N4OS. The maximum Gasteiger partial charge on any atom is 0.228 e. The molecule has 0 saturated heterocycles. The van der Waals surface area contributed by atoms with E-state index in [0.717, 1.165) is 29.5 Å². The van der Waals surface area contributed by atoms with Gasteiger partial charge in [0.05, 0.1) is 17.8 Å². The second kappa shape index (κ2) is 7.28. The second-order valence-electron chi connectivity index (χ2n) is 5.15. The largest absolute Gasteiger partial charge is 0.344 e. The first-order chi connectivity index (χ1) is 10.1. The number of rotatable bonds is 6. The molecule has 2 rings (SSSR count). The summed E-state index contributed by atoms with van der Waals surface area (Å²) in [4.78, 5) is 24.7. The van der Waals surface area contributed by atoms with Crippen LogP contribution in [-0.2, 0) is 11.2 Å². The lowest BCUT2D eigenvalue weighted by molar-refractivity contribution is -0.129. The van der Waals surface area contributed by atoms with Crippen molar-refractivity contribution in [3.05, 3.63) is 35.5 Å². The monoisotopic (exact) mass is 304 g/mol. The molecule has 112 valence electrons. The molecule has 0 aromatic carbocycles. The Morgan fingerprint density at radius 1 is 1.24 bits per heavy atom. The summed E-state index contributed by atoms with van der Waals surface area (Å²) in [6, 6.07) is 5.73. The molecule has 0 radical (unpaired) electrons. The Labute approximate surface area is 129 Å². The summed E-state index contributed by atoms with van der Waals surface area (Å²) in [7, 11) is 5.83. The van der Waals surface area contributed by atoms with Crippen LogP contribution in [0.15, 0.2) is 29.8 Å². The van der Waals surface area contributed by atoms with Gasteiger partial charge in [0.2, 0.25) is 5.91 Å². The molecule has 21 heavy (non-hydrogen) atoms. The molecule has 2 aromatic heterocycles. The lowest BCUT2D eigenvalue weighted by atomic mass is 10.3. The van der Waals surface area contributed by atoms with Crippen LogP contribution in [0.5, 0.6) is 0 Å². The van der Waals surface area contributed by atoms with Gasteiger partial charge >= 0.3 is 0 Å². The van der Waals surface area contributed by atoms with Gasteiger partial charge in [-0.15, -0.1) is 11.3 Å². The van der Waals surface area contributed by atoms with Crippen LogP contribution in [0.3, 0.4) is 0 Å². The maximum absolute atomic E-state index is 12.1. The first-order valence-corrected chi connectivity index (χ1v) is 7.68. The fraction of sp³-hybridized carbons (Fsp3) is 0.400. The van der Waals surface area contributed by atoms with Crippen LogP contribution in [0, 0.1) is 0 Å². The maximum atomic E-state index is 12.1. The normalized spacial score (nSPS) is 10.9. The van der Waals surface area contributed by atoms with Crippen molar-refractivity contribution >= 4 is 17.2 Å². The number of aromatic nitrogens is 2. The van der Waals surface area contributed by atoms with Crippen LogP contribution in [0.25, 0.3) is 10.7 Å². The topological polar surface area (TPSA) is 49.3 Å². The molecule has 0 N–H and O–H groups in total. The fourth-order valence-corrected chi connectivity index (χ4v) is 2.55. The van der Waals surface area contributed by atoms with Gasteiger partial charge in [0.25, 0.3) is 0 Å². The van der Waals surface area contributed by atoms with Gasteiger partial charge in [0.1, 0.15) is 5.01 Å². The number of carbonyl (C=O) groups is 1. The average Bonchev–Trinajstić information content (AvgIpc) is 2.94. The predicted molar refractivity (Wildman–Crippen MR) is 85.2 cm³/mol. The Kier molecular flexibility index (Phi) is 5.41. The summed E-state index contributed by atoms with van der Waals surface area (Å²) in [5.41, 5.74) is 1.66. The van der Waals surface area contributed by atoms with Gasteiger partial charge in [-0.25, -0.2) is 4.98 Å². The predicted octanol–water partition coefficient (Wildman–Crippen LogP) is 1.77. The van der Waals surface area contributed by atoms with Crippen LogP contribution >= 0.6 is 11.3 Å². The Hall–Kier alpha value is -1.79. The summed E-state index contributed by atoms with van der Waals surface area (Å²) in [5, 5.41) is 2.79. The van der Waals surface area contributed by atoms with Crippen molar-refractivity contribution in [2.24, 2.45) is 0 Å². The van der Waals surface area contributed by atoms with E-state index in [2.05, 4.69) is 14.9 Å². The van der Waals surface area contributed by atoms with Gasteiger partial charge in [0.15, 0.2) is 0 Å². The quantitative estimate of drug-likeness (QED) is 0.816. The zero-order valence-electron chi connectivity index (χ0n) is 12.6. The molecule has 0 bridgehead atoms. The number of pyridine rings is 1. The van der Waals surface area contributed by atoms with E-state index in [1.165, 1.54) is 11.3 Å². The third-order valence-corrected chi connectivity index (χ3v) is 3.99. The molecule has 0 aliphatic carbocycles. The van der Waals surface area contributed by atoms with Crippen molar-refractivity contribution in [3.63, 3.8) is 0 Å². The molecule has 0 unspecified atom stereocenters. The van der Waals surface area contributed by atoms with Gasteiger partial charge in [-0.2, -0.15) is 0 Å². The minimum absolute atomic E-state index is 0.0923. The third kappa shape index (κ3) is 4.61. The highest BCUT2D eigenvalue weighted by Crippen LogP contribution is 2.21. The van der Waals surface area contributed by atoms with Crippen molar-refractivity contribution in [1.82, 2.24) is 19.8 Å². The number of hydrogen-bond donors (Lipinski definition) is 0. The van der Waals surface area contributed by atoms with Gasteiger partial charge in [-0.1, -0.05) is 6.07 Å². The smallest absolute Gasteiger partial charge is 0.228 e. The molecule has 0 atom stereocenters. The number of carbonyl (C=O) groups excluding carboxylic acids is 1. The zero-order chi connectivity index (χ0) is 15.2. The van der Waals surface area contributed by atoms with Crippen LogP contribution in [0.2, 0.25) is 0 Å². The molecule has 0 fully saturated rings. The molecule has 0 saturated carbocycles. The van der Waals surface area contributed by atoms with Crippen molar-refractivity contribution in [3.8, 4) is 10.7 Å². The highest BCUT2D eigenvalue weighted by atomic mass is 32.1. The number of likely N-dealkylation sites (N-methyl/N-ethyl adjacent to an activating group) is 2. The number of nitrogens with zero attached hydrogens (tertiary/aromatic N) is 4. The average molecular weight is 304 g/mol. The van der Waals surface area contributed by atoms with Crippen molar-refractivity contribution in [2.45, 2.75) is 6.42 Å². The van der Waals surface area contributed by atoms with E-state index in [-0.39, 0.29) is 5.91 Å². The van der Waals surface area contributed by atoms with Gasteiger partial charge in [0, 0.05) is 31.7 Å². The van der Waals surface area contributed by atoms with E-state index in [9.17, 15) is 4.79 Å². The summed E-state index contributed by atoms with van der Waals surface area (Å²) in [6.07, 6.45) is 2.09. The van der Waals surface area contributed by atoms with E-state index < -0.39 is 0 Å². The highest BCUT2D eigenvalue weighted by Gasteiger charge is 2.13. The van der Waals surface area contributed by atoms with E-state index in [0.29, 0.717) is 6.42 Å². The summed E-state index contributed by atoms with van der Waals surface area (Å²) >= 11 is 1.52. The van der Waals surface area contributed by atoms with E-state index in [4.69, 9.17) is 0 Å². The van der Waals surface area contributed by atoms with E-state index >= 15 is 0 Å². The SMILES string of the molecule is CN(C)CCN(C)C(=O)Cc1csc(-c2ccccn2)n1. The molecule has 6 heteroatoms. The first-order valence-electron chi connectivity index (χ1n) is 6.81. The molecule has 2 aromatic rings. The number of amides is 1. The fourth-order valence-electron chi connectivity index (χ4n) is 1.76. The van der Waals surface area contributed by atoms with Crippen molar-refractivity contribution in [2.75, 3.05) is 34.2 Å². The van der Waals surface area contributed by atoms with Gasteiger partial charge < -0.3 is 9.80 Å². The number of hydrogen-bond acceptors (Lipinski definition) is 5. The number of thiazole rings is 1. The van der Waals surface area contributed by atoms with Crippen LogP contribution < -0.4 is 0 Å². The summed E-state index contributed by atoms with van der Waals surface area (Å²) in [5.74, 6) is 0.0923. The molecule has 0 spiro atoms. The molecule has 5 nitrogen and oxygen atoms in total. The van der Waals surface area contributed by atoms with Crippen LogP contribution in [0.4, 0.5) is 0 Å². The molecule has 0 aliphatic rings. The molecular weight excluding hydrogens is 284 g/mol. The Morgan fingerprint density at radius 3 is 2.71 bits per heavy atom. The molecule has 2 heterocycles. The molecule has 0 aliphatic heterocycles. The molecule has 1 amide bonds. The lowest BCUT2D eigenvalue weighted by Crippen LogP contribution is -2.34. The van der Waals surface area contributed by atoms with E-state index in [1.54, 1.807) is 11.1 Å². The summed E-state index contributed by atoms with van der Waals surface area (Å²) in [6.45, 7) is 1.58. The second-order valence-corrected chi connectivity index (χ2v) is 6.01.